The minimum absolute atomic E-state index is 0.123. The number of allylic oxidation sites excluding steroid dienone is 18. The minimum atomic E-state index is -0.833. The van der Waals surface area contributed by atoms with E-state index in [1.54, 1.807) is 0 Å². The number of hydrogen-bond acceptors (Lipinski definition) is 6. The summed E-state index contributed by atoms with van der Waals surface area (Å²) in [7, 11) is 0. The smallest absolute Gasteiger partial charge is 0.306 e. The van der Waals surface area contributed by atoms with E-state index in [0.29, 0.717) is 19.3 Å². The van der Waals surface area contributed by atoms with Crippen molar-refractivity contribution in [1.82, 2.24) is 0 Å². The minimum Gasteiger partial charge on any atom is -0.462 e. The third-order valence-electron chi connectivity index (χ3n) is 10.2. The van der Waals surface area contributed by atoms with Gasteiger partial charge in [0.25, 0.3) is 0 Å². The van der Waals surface area contributed by atoms with Gasteiger partial charge in [0, 0.05) is 19.3 Å². The van der Waals surface area contributed by atoms with Gasteiger partial charge in [0.15, 0.2) is 6.10 Å². The molecular weight excluding hydrogens is 781 g/mol. The lowest BCUT2D eigenvalue weighted by Crippen LogP contribution is -2.30. The summed E-state index contributed by atoms with van der Waals surface area (Å²) < 4.78 is 16.7. The van der Waals surface area contributed by atoms with Gasteiger partial charge in [-0.1, -0.05) is 188 Å². The molecule has 0 aliphatic carbocycles. The van der Waals surface area contributed by atoms with Crippen LogP contribution < -0.4 is 0 Å². The third-order valence-corrected chi connectivity index (χ3v) is 10.2. The van der Waals surface area contributed by atoms with Gasteiger partial charge in [-0.05, 0) is 116 Å². The van der Waals surface area contributed by atoms with Gasteiger partial charge in [-0.2, -0.15) is 0 Å². The second-order valence-corrected chi connectivity index (χ2v) is 16.4. The van der Waals surface area contributed by atoms with Gasteiger partial charge in [-0.3, -0.25) is 14.4 Å². The van der Waals surface area contributed by atoms with Crippen LogP contribution in [0.3, 0.4) is 0 Å². The molecule has 0 aromatic rings. The van der Waals surface area contributed by atoms with E-state index in [0.717, 1.165) is 83.5 Å². The first kappa shape index (κ1) is 59.1. The Kier molecular flexibility index (Phi) is 47.5. The molecule has 0 aliphatic heterocycles. The summed E-state index contributed by atoms with van der Waals surface area (Å²) in [6.45, 7) is 6.42. The summed E-state index contributed by atoms with van der Waals surface area (Å²) in [4.78, 5) is 37.9. The second kappa shape index (κ2) is 50.7. The number of esters is 3. The van der Waals surface area contributed by atoms with E-state index in [1.807, 2.05) is 0 Å². The third kappa shape index (κ3) is 49.0. The molecule has 6 heteroatoms. The molecule has 0 aliphatic rings. The van der Waals surface area contributed by atoms with Crippen molar-refractivity contribution in [2.45, 2.75) is 219 Å². The quantitative estimate of drug-likeness (QED) is 0.0263. The van der Waals surface area contributed by atoms with Crippen LogP contribution in [0.25, 0.3) is 0 Å². The molecule has 1 atom stereocenters. The maximum Gasteiger partial charge on any atom is 0.306 e. The summed E-state index contributed by atoms with van der Waals surface area (Å²) in [6, 6.07) is 0. The summed E-state index contributed by atoms with van der Waals surface area (Å²) in [5.41, 5.74) is 0. The first-order valence-electron chi connectivity index (χ1n) is 25.4. The van der Waals surface area contributed by atoms with Crippen LogP contribution in [-0.2, 0) is 28.6 Å². The Labute approximate surface area is 387 Å². The molecule has 0 aromatic heterocycles. The highest BCUT2D eigenvalue weighted by atomic mass is 16.6. The fraction of sp³-hybridized carbons (Fsp3) is 0.632. The topological polar surface area (TPSA) is 78.9 Å². The van der Waals surface area contributed by atoms with Gasteiger partial charge in [-0.25, -0.2) is 0 Å². The van der Waals surface area contributed by atoms with Gasteiger partial charge in [-0.15, -0.1) is 0 Å². The lowest BCUT2D eigenvalue weighted by molar-refractivity contribution is -0.167. The summed E-state index contributed by atoms with van der Waals surface area (Å²) in [5.74, 6) is -1.06. The molecule has 0 heterocycles. The number of carbonyl (C=O) groups is 3. The molecule has 0 saturated carbocycles. The predicted octanol–water partition coefficient (Wildman–Crippen LogP) is 16.8. The molecule has 0 fully saturated rings. The summed E-state index contributed by atoms with van der Waals surface area (Å²) in [6.07, 6.45) is 67.9. The van der Waals surface area contributed by atoms with E-state index in [9.17, 15) is 14.4 Å². The van der Waals surface area contributed by atoms with E-state index < -0.39 is 6.10 Å². The first-order chi connectivity index (χ1) is 31.0. The van der Waals surface area contributed by atoms with Gasteiger partial charge >= 0.3 is 17.9 Å². The van der Waals surface area contributed by atoms with Crippen LogP contribution in [0.15, 0.2) is 109 Å². The second-order valence-electron chi connectivity index (χ2n) is 16.4. The maximum atomic E-state index is 12.8. The highest BCUT2D eigenvalue weighted by molar-refractivity contribution is 5.71. The monoisotopic (exact) mass is 873 g/mol. The van der Waals surface area contributed by atoms with Crippen molar-refractivity contribution >= 4 is 17.9 Å². The Balaban J connectivity index is 4.58. The van der Waals surface area contributed by atoms with Gasteiger partial charge in [0.1, 0.15) is 13.2 Å². The maximum absolute atomic E-state index is 12.8. The Morgan fingerprint density at radius 2 is 0.603 bits per heavy atom. The standard InChI is InChI=1S/C57H92O6/c1-4-7-10-13-16-19-22-24-26-28-30-32-35-38-41-44-47-50-56(59)62-53-54(52-61-55(58)49-46-43-40-37-34-21-18-15-12-9-6-3)63-57(60)51-48-45-42-39-36-33-31-29-27-25-23-20-17-14-11-8-5-2/h15-20,24-27,30-33,38-39,41-42,54H,4-14,21-23,28-29,34-37,40,43-53H2,1-3H3/b18-15-,19-16-,20-17-,26-24-,27-25-,32-30-,33-31-,41-38-,42-39-/t54-/m1/s1. The number of rotatable bonds is 44. The average molecular weight is 873 g/mol. The molecule has 0 amide bonds. The van der Waals surface area contributed by atoms with Gasteiger partial charge < -0.3 is 14.2 Å². The zero-order valence-electron chi connectivity index (χ0n) is 40.5. The van der Waals surface area contributed by atoms with Gasteiger partial charge in [0.05, 0.1) is 0 Å². The molecule has 0 spiro atoms. The number of hydrogen-bond donors (Lipinski definition) is 0. The average Bonchev–Trinajstić information content (AvgIpc) is 3.28. The molecule has 0 aromatic carbocycles. The van der Waals surface area contributed by atoms with Crippen LogP contribution in [0.1, 0.15) is 213 Å². The Morgan fingerprint density at radius 1 is 0.317 bits per heavy atom. The molecule has 6 nitrogen and oxygen atoms in total. The van der Waals surface area contributed by atoms with Gasteiger partial charge in [0.2, 0.25) is 0 Å². The van der Waals surface area contributed by atoms with Crippen molar-refractivity contribution in [3.63, 3.8) is 0 Å². The molecule has 0 N–H and O–H groups in total. The first-order valence-corrected chi connectivity index (χ1v) is 25.4. The highest BCUT2D eigenvalue weighted by Crippen LogP contribution is 2.11. The molecular formula is C57H92O6. The number of carbonyl (C=O) groups excluding carboxylic acids is 3. The molecule has 356 valence electrons. The van der Waals surface area contributed by atoms with Crippen molar-refractivity contribution in [1.29, 1.82) is 0 Å². The Bertz CT molecular complexity index is 1330. The lowest BCUT2D eigenvalue weighted by atomic mass is 10.1. The van der Waals surface area contributed by atoms with E-state index in [2.05, 4.69) is 130 Å². The van der Waals surface area contributed by atoms with Crippen LogP contribution in [0, 0.1) is 0 Å². The zero-order valence-corrected chi connectivity index (χ0v) is 40.5. The van der Waals surface area contributed by atoms with Crippen LogP contribution in [0.4, 0.5) is 0 Å². The number of ether oxygens (including phenoxy) is 3. The van der Waals surface area contributed by atoms with Crippen molar-refractivity contribution in [3.05, 3.63) is 109 Å². The largest absolute Gasteiger partial charge is 0.462 e. The number of unbranched alkanes of at least 4 members (excludes halogenated alkanes) is 15. The van der Waals surface area contributed by atoms with E-state index in [-0.39, 0.29) is 44.0 Å². The van der Waals surface area contributed by atoms with Crippen LogP contribution in [-0.4, -0.2) is 37.2 Å². The van der Waals surface area contributed by atoms with E-state index >= 15 is 0 Å². The Morgan fingerprint density at radius 3 is 1.02 bits per heavy atom. The van der Waals surface area contributed by atoms with Crippen molar-refractivity contribution < 1.29 is 28.6 Å². The molecule has 63 heavy (non-hydrogen) atoms. The molecule has 0 rings (SSSR count). The fourth-order valence-corrected chi connectivity index (χ4v) is 6.35. The summed E-state index contributed by atoms with van der Waals surface area (Å²) >= 11 is 0. The SMILES string of the molecule is CCCC/C=C\CCCCCCCC(=O)OC[C@H](COC(=O)CCC/C=C\C/C=C\C/C=C\C/C=C\CCCCC)OC(=O)CCC/C=C\C/C=C\C/C=C\C/C=C\CCCCC. The molecule has 0 bridgehead atoms. The van der Waals surface area contributed by atoms with Crippen molar-refractivity contribution in [3.8, 4) is 0 Å². The zero-order chi connectivity index (χ0) is 45.8. The van der Waals surface area contributed by atoms with Crippen molar-refractivity contribution in [2.75, 3.05) is 13.2 Å². The fourth-order valence-electron chi connectivity index (χ4n) is 6.35. The van der Waals surface area contributed by atoms with Crippen LogP contribution in [0.2, 0.25) is 0 Å². The van der Waals surface area contributed by atoms with Crippen molar-refractivity contribution in [2.24, 2.45) is 0 Å². The van der Waals surface area contributed by atoms with E-state index in [1.165, 1.54) is 77.0 Å². The Hall–Kier alpha value is -3.93. The normalized spacial score (nSPS) is 13.0. The highest BCUT2D eigenvalue weighted by Gasteiger charge is 2.19. The lowest BCUT2D eigenvalue weighted by Gasteiger charge is -2.18. The predicted molar refractivity (Wildman–Crippen MR) is 270 cm³/mol. The van der Waals surface area contributed by atoms with Crippen LogP contribution >= 0.6 is 0 Å². The van der Waals surface area contributed by atoms with Crippen LogP contribution in [0.5, 0.6) is 0 Å². The molecule has 0 radical (unpaired) electrons. The van der Waals surface area contributed by atoms with E-state index in [4.69, 9.17) is 14.2 Å². The molecule has 0 saturated heterocycles. The molecule has 0 unspecified atom stereocenters. The summed E-state index contributed by atoms with van der Waals surface area (Å²) in [5, 5.41) is 0.